The maximum absolute atomic E-state index is 12.2. The number of carbonyl (C=O) groups is 1. The van der Waals surface area contributed by atoms with Gasteiger partial charge in [-0.25, -0.2) is 0 Å². The number of amides is 1. The Morgan fingerprint density at radius 2 is 2.05 bits per heavy atom. The summed E-state index contributed by atoms with van der Waals surface area (Å²) in [5, 5.41) is 2.61. The van der Waals surface area contributed by atoms with Crippen LogP contribution in [0.25, 0.3) is 0 Å². The van der Waals surface area contributed by atoms with Gasteiger partial charge in [0.05, 0.1) is 4.88 Å². The lowest BCUT2D eigenvalue weighted by molar-refractivity contribution is 0.0600. The number of halogens is 1. The number of thiophene rings is 1. The summed E-state index contributed by atoms with van der Waals surface area (Å²) in [6.07, 6.45) is 1.85. The summed E-state index contributed by atoms with van der Waals surface area (Å²) in [6.45, 7) is 1.48. The van der Waals surface area contributed by atoms with Crippen molar-refractivity contribution in [3.63, 3.8) is 0 Å². The Hall–Kier alpha value is -1.52. The first-order valence-corrected chi connectivity index (χ1v) is 8.23. The van der Waals surface area contributed by atoms with Crippen LogP contribution in [0.3, 0.4) is 0 Å². The van der Waals surface area contributed by atoms with Gasteiger partial charge in [0.15, 0.2) is 0 Å². The topological polar surface area (TPSA) is 29.5 Å². The fraction of sp³-hybridized carbons (Fsp3) is 0.312. The van der Waals surface area contributed by atoms with Crippen molar-refractivity contribution in [2.24, 2.45) is 0 Å². The molecule has 0 aliphatic carbocycles. The molecule has 1 fully saturated rings. The molecule has 0 unspecified atom stereocenters. The van der Waals surface area contributed by atoms with Gasteiger partial charge in [0.2, 0.25) is 0 Å². The van der Waals surface area contributed by atoms with Gasteiger partial charge < -0.3 is 9.64 Å². The lowest BCUT2D eigenvalue weighted by Gasteiger charge is -2.32. The molecule has 1 saturated heterocycles. The summed E-state index contributed by atoms with van der Waals surface area (Å²) in [5.41, 5.74) is 0. The van der Waals surface area contributed by atoms with E-state index < -0.39 is 0 Å². The lowest BCUT2D eigenvalue weighted by Crippen LogP contribution is -2.41. The molecule has 2 aromatic rings. The van der Waals surface area contributed by atoms with Crippen molar-refractivity contribution >= 4 is 28.8 Å². The van der Waals surface area contributed by atoms with Crippen molar-refractivity contribution in [1.29, 1.82) is 0 Å². The van der Waals surface area contributed by atoms with Crippen molar-refractivity contribution in [2.45, 2.75) is 18.9 Å². The van der Waals surface area contributed by atoms with Crippen LogP contribution in [0, 0.1) is 0 Å². The van der Waals surface area contributed by atoms with E-state index in [1.807, 2.05) is 46.7 Å². The second-order valence-electron chi connectivity index (χ2n) is 5.04. The molecule has 2 heterocycles. The first kappa shape index (κ1) is 14.4. The SMILES string of the molecule is O=C(c1cccs1)N1CCC(Oc2cccc(Cl)c2)CC1. The predicted molar refractivity (Wildman–Crippen MR) is 85.3 cm³/mol. The molecule has 1 aromatic heterocycles. The van der Waals surface area contributed by atoms with E-state index in [2.05, 4.69) is 0 Å². The molecule has 3 rings (SSSR count). The minimum Gasteiger partial charge on any atom is -0.490 e. The molecule has 1 amide bonds. The minimum atomic E-state index is 0.131. The second kappa shape index (κ2) is 6.50. The van der Waals surface area contributed by atoms with Crippen molar-refractivity contribution in [3.8, 4) is 5.75 Å². The zero-order chi connectivity index (χ0) is 14.7. The van der Waals surface area contributed by atoms with Gasteiger partial charge in [-0.1, -0.05) is 23.7 Å². The molecule has 0 spiro atoms. The van der Waals surface area contributed by atoms with Crippen molar-refractivity contribution in [1.82, 2.24) is 4.90 Å². The third-order valence-electron chi connectivity index (χ3n) is 3.56. The van der Waals surface area contributed by atoms with Crippen LogP contribution in [0.4, 0.5) is 0 Å². The third-order valence-corrected chi connectivity index (χ3v) is 4.65. The highest BCUT2D eigenvalue weighted by molar-refractivity contribution is 7.12. The maximum atomic E-state index is 12.2. The summed E-state index contributed by atoms with van der Waals surface area (Å²) < 4.78 is 5.94. The van der Waals surface area contributed by atoms with Crippen LogP contribution in [0.2, 0.25) is 5.02 Å². The number of likely N-dealkylation sites (tertiary alicyclic amines) is 1. The summed E-state index contributed by atoms with van der Waals surface area (Å²) in [6, 6.07) is 11.2. The Labute approximate surface area is 133 Å². The molecule has 0 saturated carbocycles. The molecule has 1 aliphatic rings. The smallest absolute Gasteiger partial charge is 0.263 e. The number of hydrogen-bond donors (Lipinski definition) is 0. The van der Waals surface area contributed by atoms with E-state index in [-0.39, 0.29) is 12.0 Å². The average Bonchev–Trinajstić information content (AvgIpc) is 3.01. The Morgan fingerprint density at radius 3 is 2.71 bits per heavy atom. The number of piperidine rings is 1. The second-order valence-corrected chi connectivity index (χ2v) is 6.43. The van der Waals surface area contributed by atoms with E-state index in [1.54, 1.807) is 0 Å². The highest BCUT2D eigenvalue weighted by Crippen LogP contribution is 2.23. The number of rotatable bonds is 3. The molecular formula is C16H16ClNO2S. The van der Waals surface area contributed by atoms with Crippen LogP contribution in [0.1, 0.15) is 22.5 Å². The molecule has 0 atom stereocenters. The summed E-state index contributed by atoms with van der Waals surface area (Å²) in [7, 11) is 0. The Balaban J connectivity index is 1.54. The van der Waals surface area contributed by atoms with Crippen LogP contribution in [0.5, 0.6) is 5.75 Å². The Bertz CT molecular complexity index is 606. The standard InChI is InChI=1S/C16H16ClNO2S/c17-12-3-1-4-14(11-12)20-13-6-8-18(9-7-13)16(19)15-5-2-10-21-15/h1-5,10-11,13H,6-9H2. The molecular weight excluding hydrogens is 306 g/mol. The molecule has 21 heavy (non-hydrogen) atoms. The van der Waals surface area contributed by atoms with Gasteiger partial charge in [0, 0.05) is 31.0 Å². The molecule has 0 bridgehead atoms. The minimum absolute atomic E-state index is 0.131. The highest BCUT2D eigenvalue weighted by atomic mass is 35.5. The van der Waals surface area contributed by atoms with Crippen molar-refractivity contribution < 1.29 is 9.53 Å². The van der Waals surface area contributed by atoms with Crippen LogP contribution in [-0.2, 0) is 0 Å². The highest BCUT2D eigenvalue weighted by Gasteiger charge is 2.25. The number of hydrogen-bond acceptors (Lipinski definition) is 3. The average molecular weight is 322 g/mol. The quantitative estimate of drug-likeness (QED) is 0.852. The van der Waals surface area contributed by atoms with E-state index in [4.69, 9.17) is 16.3 Å². The molecule has 1 aromatic carbocycles. The van der Waals surface area contributed by atoms with E-state index in [0.29, 0.717) is 5.02 Å². The first-order valence-electron chi connectivity index (χ1n) is 6.97. The normalized spacial score (nSPS) is 16.0. The summed E-state index contributed by atoms with van der Waals surface area (Å²) >= 11 is 7.45. The first-order chi connectivity index (χ1) is 10.2. The van der Waals surface area contributed by atoms with Gasteiger partial charge in [-0.05, 0) is 29.6 Å². The van der Waals surface area contributed by atoms with Gasteiger partial charge in [-0.3, -0.25) is 4.79 Å². The molecule has 110 valence electrons. The summed E-state index contributed by atoms with van der Waals surface area (Å²) in [5.74, 6) is 0.928. The Kier molecular flexibility index (Phi) is 4.46. The molecule has 0 N–H and O–H groups in total. The van der Waals surface area contributed by atoms with Gasteiger partial charge >= 0.3 is 0 Å². The van der Waals surface area contributed by atoms with Gasteiger partial charge in [0.25, 0.3) is 5.91 Å². The van der Waals surface area contributed by atoms with E-state index in [9.17, 15) is 4.79 Å². The third kappa shape index (κ3) is 3.57. The molecule has 1 aliphatic heterocycles. The number of ether oxygens (including phenoxy) is 1. The van der Waals surface area contributed by atoms with Crippen LogP contribution < -0.4 is 4.74 Å². The number of benzene rings is 1. The number of carbonyl (C=O) groups excluding carboxylic acids is 1. The molecule has 3 nitrogen and oxygen atoms in total. The predicted octanol–water partition coefficient (Wildman–Crippen LogP) is 4.09. The van der Waals surface area contributed by atoms with Crippen LogP contribution in [-0.4, -0.2) is 30.0 Å². The van der Waals surface area contributed by atoms with Gasteiger partial charge in [-0.15, -0.1) is 11.3 Å². The zero-order valence-electron chi connectivity index (χ0n) is 11.5. The van der Waals surface area contributed by atoms with E-state index in [0.717, 1.165) is 36.6 Å². The maximum Gasteiger partial charge on any atom is 0.263 e. The molecule has 0 radical (unpaired) electrons. The van der Waals surface area contributed by atoms with E-state index in [1.165, 1.54) is 11.3 Å². The van der Waals surface area contributed by atoms with Gasteiger partial charge in [-0.2, -0.15) is 0 Å². The fourth-order valence-corrected chi connectivity index (χ4v) is 3.34. The van der Waals surface area contributed by atoms with Crippen molar-refractivity contribution in [2.75, 3.05) is 13.1 Å². The lowest BCUT2D eigenvalue weighted by atomic mass is 10.1. The van der Waals surface area contributed by atoms with Crippen LogP contribution in [0.15, 0.2) is 41.8 Å². The zero-order valence-corrected chi connectivity index (χ0v) is 13.1. The van der Waals surface area contributed by atoms with Gasteiger partial charge in [0.1, 0.15) is 11.9 Å². The van der Waals surface area contributed by atoms with Crippen molar-refractivity contribution in [3.05, 3.63) is 51.7 Å². The Morgan fingerprint density at radius 1 is 1.24 bits per heavy atom. The molecule has 5 heteroatoms. The number of nitrogens with zero attached hydrogens (tertiary/aromatic N) is 1. The monoisotopic (exact) mass is 321 g/mol. The summed E-state index contributed by atoms with van der Waals surface area (Å²) in [4.78, 5) is 15.0. The van der Waals surface area contributed by atoms with E-state index >= 15 is 0 Å². The fourth-order valence-electron chi connectivity index (χ4n) is 2.47. The largest absolute Gasteiger partial charge is 0.490 e. The van der Waals surface area contributed by atoms with Crippen LogP contribution >= 0.6 is 22.9 Å².